The Kier molecular flexibility index (Phi) is 5.40. The molecule has 1 aliphatic heterocycles. The van der Waals surface area contributed by atoms with Gasteiger partial charge in [0.2, 0.25) is 0 Å². The molecular formula is C22H26ClFN2O. The Morgan fingerprint density at radius 3 is 2.59 bits per heavy atom. The standard InChI is InChI=1S/C22H26ClFN2O/c1-25(2)11-17-18-12-26(13-19(17)18)10-15-5-3-6-16(9-15)27-14-20-21(23)7-4-8-22(20)24/h3-9,17-19H,10-14H2,1-2H3/t17?,18-,19+. The summed E-state index contributed by atoms with van der Waals surface area (Å²) in [6.45, 7) is 4.68. The highest BCUT2D eigenvalue weighted by molar-refractivity contribution is 6.31. The first kappa shape index (κ1) is 18.7. The molecule has 3 nitrogen and oxygen atoms in total. The molecule has 1 heterocycles. The molecule has 0 amide bonds. The van der Waals surface area contributed by atoms with Crippen molar-refractivity contribution in [3.05, 3.63) is 64.4 Å². The van der Waals surface area contributed by atoms with Gasteiger partial charge in [-0.05, 0) is 61.7 Å². The molecule has 2 aromatic rings. The zero-order chi connectivity index (χ0) is 19.0. The van der Waals surface area contributed by atoms with Gasteiger partial charge >= 0.3 is 0 Å². The van der Waals surface area contributed by atoms with Crippen LogP contribution < -0.4 is 4.74 Å². The van der Waals surface area contributed by atoms with Crippen LogP contribution in [0.25, 0.3) is 0 Å². The van der Waals surface area contributed by atoms with Gasteiger partial charge in [-0.3, -0.25) is 4.90 Å². The minimum atomic E-state index is -0.331. The Hall–Kier alpha value is -1.62. The fraction of sp³-hybridized carbons (Fsp3) is 0.455. The van der Waals surface area contributed by atoms with Gasteiger partial charge in [-0.1, -0.05) is 29.8 Å². The molecule has 1 unspecified atom stereocenters. The number of fused-ring (bicyclic) bond motifs is 1. The predicted molar refractivity (Wildman–Crippen MR) is 106 cm³/mol. The quantitative estimate of drug-likeness (QED) is 0.703. The summed E-state index contributed by atoms with van der Waals surface area (Å²) in [6, 6.07) is 12.8. The Bertz CT molecular complexity index is 780. The van der Waals surface area contributed by atoms with Crippen molar-refractivity contribution < 1.29 is 9.13 Å². The predicted octanol–water partition coefficient (Wildman–Crippen LogP) is 4.30. The van der Waals surface area contributed by atoms with E-state index in [-0.39, 0.29) is 12.4 Å². The molecule has 0 spiro atoms. The van der Waals surface area contributed by atoms with Gasteiger partial charge in [0, 0.05) is 31.7 Å². The first-order chi connectivity index (χ1) is 13.0. The number of ether oxygens (including phenoxy) is 1. The van der Waals surface area contributed by atoms with Crippen LogP contribution in [0, 0.1) is 23.6 Å². The van der Waals surface area contributed by atoms with E-state index in [1.165, 1.54) is 31.3 Å². The van der Waals surface area contributed by atoms with Gasteiger partial charge in [0.25, 0.3) is 0 Å². The molecule has 2 aliphatic rings. The van der Waals surface area contributed by atoms with E-state index in [1.807, 2.05) is 12.1 Å². The van der Waals surface area contributed by atoms with Gasteiger partial charge in [0.15, 0.2) is 0 Å². The van der Waals surface area contributed by atoms with E-state index in [0.29, 0.717) is 10.6 Å². The minimum Gasteiger partial charge on any atom is -0.489 e. The molecule has 0 bridgehead atoms. The summed E-state index contributed by atoms with van der Waals surface area (Å²) in [7, 11) is 4.32. The third kappa shape index (κ3) is 4.29. The van der Waals surface area contributed by atoms with Crippen LogP contribution in [-0.2, 0) is 13.2 Å². The van der Waals surface area contributed by atoms with Gasteiger partial charge in [0.05, 0.1) is 5.02 Å². The number of likely N-dealkylation sites (tertiary alicyclic amines) is 1. The maximum atomic E-state index is 13.9. The van der Waals surface area contributed by atoms with Crippen LogP contribution in [0.15, 0.2) is 42.5 Å². The number of halogens is 2. The number of piperidine rings is 1. The third-order valence-electron chi connectivity index (χ3n) is 5.77. The van der Waals surface area contributed by atoms with Gasteiger partial charge in [-0.2, -0.15) is 0 Å². The summed E-state index contributed by atoms with van der Waals surface area (Å²) in [5, 5.41) is 0.398. The van der Waals surface area contributed by atoms with Crippen molar-refractivity contribution >= 4 is 11.6 Å². The number of hydrogen-bond donors (Lipinski definition) is 0. The molecule has 0 radical (unpaired) electrons. The lowest BCUT2D eigenvalue weighted by Crippen LogP contribution is -2.27. The second-order valence-corrected chi connectivity index (χ2v) is 8.49. The molecule has 5 heteroatoms. The molecule has 4 rings (SSSR count). The first-order valence-electron chi connectivity index (χ1n) is 9.53. The second kappa shape index (κ2) is 7.78. The Balaban J connectivity index is 1.31. The third-order valence-corrected chi connectivity index (χ3v) is 6.13. The fourth-order valence-electron chi connectivity index (χ4n) is 4.38. The van der Waals surface area contributed by atoms with Crippen molar-refractivity contribution in [1.29, 1.82) is 0 Å². The monoisotopic (exact) mass is 388 g/mol. The van der Waals surface area contributed by atoms with Crippen molar-refractivity contribution in [3.8, 4) is 5.75 Å². The van der Waals surface area contributed by atoms with E-state index in [4.69, 9.17) is 16.3 Å². The molecule has 0 aromatic heterocycles. The number of benzene rings is 2. The van der Waals surface area contributed by atoms with E-state index in [2.05, 4.69) is 36.0 Å². The zero-order valence-corrected chi connectivity index (χ0v) is 16.6. The van der Waals surface area contributed by atoms with E-state index >= 15 is 0 Å². The van der Waals surface area contributed by atoms with E-state index in [9.17, 15) is 4.39 Å². The minimum absolute atomic E-state index is 0.134. The lowest BCUT2D eigenvalue weighted by atomic mass is 10.2. The second-order valence-electron chi connectivity index (χ2n) is 8.08. The summed E-state index contributed by atoms with van der Waals surface area (Å²) in [6.07, 6.45) is 0. The smallest absolute Gasteiger partial charge is 0.131 e. The SMILES string of the molecule is CN(C)CC1[C@H]2CN(Cc3cccc(OCc4c(F)cccc4Cl)c3)C[C@@H]12. The lowest BCUT2D eigenvalue weighted by molar-refractivity contribution is 0.257. The van der Waals surface area contributed by atoms with Gasteiger partial charge in [-0.25, -0.2) is 4.39 Å². The highest BCUT2D eigenvalue weighted by Crippen LogP contribution is 2.52. The summed E-state index contributed by atoms with van der Waals surface area (Å²) < 4.78 is 19.7. The van der Waals surface area contributed by atoms with E-state index < -0.39 is 0 Å². The molecule has 27 heavy (non-hydrogen) atoms. The Labute approximate surface area is 165 Å². The summed E-state index contributed by atoms with van der Waals surface area (Å²) in [5.74, 6) is 3.05. The molecule has 0 N–H and O–H groups in total. The molecular weight excluding hydrogens is 363 g/mol. The van der Waals surface area contributed by atoms with Crippen molar-refractivity contribution in [2.45, 2.75) is 13.2 Å². The number of rotatable bonds is 7. The first-order valence-corrected chi connectivity index (χ1v) is 9.91. The average Bonchev–Trinajstić information content (AvgIpc) is 3.05. The topological polar surface area (TPSA) is 15.7 Å². The van der Waals surface area contributed by atoms with Gasteiger partial charge in [0.1, 0.15) is 18.2 Å². The number of nitrogens with zero attached hydrogens (tertiary/aromatic N) is 2. The highest BCUT2D eigenvalue weighted by atomic mass is 35.5. The van der Waals surface area contributed by atoms with Crippen molar-refractivity contribution in [2.24, 2.45) is 17.8 Å². The van der Waals surface area contributed by atoms with Crippen molar-refractivity contribution in [1.82, 2.24) is 9.80 Å². The Morgan fingerprint density at radius 1 is 1.15 bits per heavy atom. The van der Waals surface area contributed by atoms with Crippen molar-refractivity contribution in [3.63, 3.8) is 0 Å². The molecule has 2 aromatic carbocycles. The molecule has 3 atom stereocenters. The summed E-state index contributed by atoms with van der Waals surface area (Å²) in [4.78, 5) is 4.84. The largest absolute Gasteiger partial charge is 0.489 e. The maximum absolute atomic E-state index is 13.9. The molecule has 144 valence electrons. The molecule has 2 fully saturated rings. The zero-order valence-electron chi connectivity index (χ0n) is 15.9. The summed E-state index contributed by atoms with van der Waals surface area (Å²) in [5.41, 5.74) is 1.63. The van der Waals surface area contributed by atoms with E-state index in [1.54, 1.807) is 12.1 Å². The molecule has 1 saturated heterocycles. The fourth-order valence-corrected chi connectivity index (χ4v) is 4.59. The highest BCUT2D eigenvalue weighted by Gasteiger charge is 2.54. The van der Waals surface area contributed by atoms with Gasteiger partial charge < -0.3 is 9.64 Å². The van der Waals surface area contributed by atoms with Crippen LogP contribution in [0.3, 0.4) is 0 Å². The van der Waals surface area contributed by atoms with Crippen LogP contribution in [0.4, 0.5) is 4.39 Å². The normalized spacial score (nSPS) is 24.3. The van der Waals surface area contributed by atoms with Crippen LogP contribution in [0.2, 0.25) is 5.02 Å². The maximum Gasteiger partial charge on any atom is 0.131 e. The van der Waals surface area contributed by atoms with Crippen LogP contribution >= 0.6 is 11.6 Å². The van der Waals surface area contributed by atoms with Gasteiger partial charge in [-0.15, -0.1) is 0 Å². The lowest BCUT2D eigenvalue weighted by Gasteiger charge is -2.21. The Morgan fingerprint density at radius 2 is 1.89 bits per heavy atom. The number of hydrogen-bond acceptors (Lipinski definition) is 3. The molecule has 1 aliphatic carbocycles. The van der Waals surface area contributed by atoms with Crippen LogP contribution in [-0.4, -0.2) is 43.5 Å². The van der Waals surface area contributed by atoms with Crippen LogP contribution in [0.5, 0.6) is 5.75 Å². The molecule has 1 saturated carbocycles. The van der Waals surface area contributed by atoms with Crippen molar-refractivity contribution in [2.75, 3.05) is 33.7 Å². The summed E-state index contributed by atoms with van der Waals surface area (Å²) >= 11 is 6.07. The van der Waals surface area contributed by atoms with Crippen LogP contribution in [0.1, 0.15) is 11.1 Å². The average molecular weight is 389 g/mol. The van der Waals surface area contributed by atoms with E-state index in [0.717, 1.165) is 30.0 Å².